The van der Waals surface area contributed by atoms with Crippen molar-refractivity contribution < 1.29 is 4.42 Å². The van der Waals surface area contributed by atoms with Gasteiger partial charge < -0.3 is 9.32 Å². The highest BCUT2D eigenvalue weighted by Crippen LogP contribution is 2.45. The molecule has 45 heavy (non-hydrogen) atoms. The van der Waals surface area contributed by atoms with E-state index in [1.54, 1.807) is 0 Å². The van der Waals surface area contributed by atoms with E-state index in [2.05, 4.69) is 131 Å². The molecule has 5 aromatic carbocycles. The highest BCUT2D eigenvalue weighted by atomic mass is 16.3. The number of para-hydroxylation sites is 1. The van der Waals surface area contributed by atoms with Gasteiger partial charge in [-0.25, -0.2) is 0 Å². The summed E-state index contributed by atoms with van der Waals surface area (Å²) >= 11 is 0. The summed E-state index contributed by atoms with van der Waals surface area (Å²) in [6, 6.07) is 34.7. The Morgan fingerprint density at radius 1 is 0.711 bits per heavy atom. The first-order valence-corrected chi connectivity index (χ1v) is 17.0. The Balaban J connectivity index is 1.43. The summed E-state index contributed by atoms with van der Waals surface area (Å²) in [4.78, 5) is 2.55. The number of anilines is 3. The number of rotatable bonds is 7. The lowest BCUT2D eigenvalue weighted by atomic mass is 9.29. The van der Waals surface area contributed by atoms with Crippen molar-refractivity contribution in [3.8, 4) is 0 Å². The van der Waals surface area contributed by atoms with Crippen molar-refractivity contribution in [3.63, 3.8) is 0 Å². The van der Waals surface area contributed by atoms with Gasteiger partial charge in [-0.05, 0) is 102 Å². The molecule has 224 valence electrons. The summed E-state index contributed by atoms with van der Waals surface area (Å²) in [5.74, 6) is 0. The average molecular weight is 588 g/mol. The molecule has 3 heterocycles. The molecule has 0 saturated heterocycles. The van der Waals surface area contributed by atoms with Gasteiger partial charge in [0.2, 0.25) is 6.71 Å². The summed E-state index contributed by atoms with van der Waals surface area (Å²) in [5.41, 5.74) is 17.0. The maximum absolute atomic E-state index is 6.49. The number of benzene rings is 5. The monoisotopic (exact) mass is 587 g/mol. The molecule has 0 atom stereocenters. The molecule has 0 amide bonds. The lowest BCUT2D eigenvalue weighted by Crippen LogP contribution is -2.64. The molecule has 0 N–H and O–H groups in total. The molecule has 2 nitrogen and oxygen atoms in total. The van der Waals surface area contributed by atoms with E-state index in [4.69, 9.17) is 4.42 Å². The van der Waals surface area contributed by atoms with Gasteiger partial charge in [-0.15, -0.1) is 0 Å². The number of hydrogen-bond acceptors (Lipinski definition) is 2. The Hall–Kier alpha value is -4.24. The van der Waals surface area contributed by atoms with E-state index in [1.165, 1.54) is 97.7 Å². The van der Waals surface area contributed by atoms with Crippen LogP contribution in [0.3, 0.4) is 0 Å². The normalized spacial score (nSPS) is 14.5. The van der Waals surface area contributed by atoms with Gasteiger partial charge in [-0.2, -0.15) is 0 Å². The van der Waals surface area contributed by atoms with E-state index < -0.39 is 0 Å². The van der Waals surface area contributed by atoms with Crippen LogP contribution in [0.4, 0.5) is 17.1 Å². The molecule has 8 rings (SSSR count). The maximum Gasteiger partial charge on any atom is 0.247 e. The highest BCUT2D eigenvalue weighted by Gasteiger charge is 2.47. The Morgan fingerprint density at radius 3 is 2.27 bits per heavy atom. The number of hydrogen-bond donors (Lipinski definition) is 0. The van der Waals surface area contributed by atoms with Gasteiger partial charge in [0, 0.05) is 33.2 Å². The van der Waals surface area contributed by atoms with Gasteiger partial charge in [-0.3, -0.25) is 0 Å². The fourth-order valence-electron chi connectivity index (χ4n) is 8.35. The van der Waals surface area contributed by atoms with Crippen LogP contribution in [0.5, 0.6) is 0 Å². The van der Waals surface area contributed by atoms with Crippen LogP contribution in [0.25, 0.3) is 21.9 Å². The molecule has 3 heteroatoms. The average Bonchev–Trinajstić information content (AvgIpc) is 3.42. The van der Waals surface area contributed by atoms with Crippen molar-refractivity contribution in [2.45, 2.75) is 78.6 Å². The van der Waals surface area contributed by atoms with E-state index in [9.17, 15) is 0 Å². The summed E-state index contributed by atoms with van der Waals surface area (Å²) < 4.78 is 6.49. The van der Waals surface area contributed by atoms with Crippen molar-refractivity contribution in [2.24, 2.45) is 0 Å². The van der Waals surface area contributed by atoms with Crippen LogP contribution in [-0.2, 0) is 18.3 Å². The predicted molar refractivity (Wildman–Crippen MR) is 194 cm³/mol. The lowest BCUT2D eigenvalue weighted by molar-refractivity contribution is 0.625. The van der Waals surface area contributed by atoms with E-state index in [1.807, 2.05) is 0 Å². The Labute approximate surface area is 268 Å². The predicted octanol–water partition coefficient (Wildman–Crippen LogP) is 9.52. The maximum atomic E-state index is 6.49. The largest absolute Gasteiger partial charge is 0.456 e. The minimum Gasteiger partial charge on any atom is -0.456 e. The van der Waals surface area contributed by atoms with Crippen LogP contribution >= 0.6 is 0 Å². The quantitative estimate of drug-likeness (QED) is 0.173. The van der Waals surface area contributed by atoms with Crippen LogP contribution in [-0.4, -0.2) is 6.71 Å². The van der Waals surface area contributed by atoms with Crippen molar-refractivity contribution in [3.05, 3.63) is 119 Å². The molecule has 0 bridgehead atoms. The first-order chi connectivity index (χ1) is 21.9. The van der Waals surface area contributed by atoms with Gasteiger partial charge in [0.25, 0.3) is 0 Å². The molecule has 0 fully saturated rings. The Morgan fingerprint density at radius 2 is 1.47 bits per heavy atom. The standard InChI is InChI=1S/C42H42BNO/c1-6-8-12-28-17-20-30(21-18-28)44-36-22-16-27(3)24-35(36)43-34-25-32-31-14-10-11-15-38(31)45-39(32)26-33(34)42(4,5)40-29(13-9-7-2)19-23-37(44)41(40)43/h10-11,14-26H,6-9,12-13H2,1-5H3. The number of fused-ring (bicyclic) bond motifs is 7. The summed E-state index contributed by atoms with van der Waals surface area (Å²) in [5, 5.41) is 2.41. The SMILES string of the molecule is CCCCc1ccc(N2c3ccc(C)cc3B3c4cc5c(cc4C(C)(C)c4c(CCCC)ccc2c43)oc2ccccc25)cc1. The van der Waals surface area contributed by atoms with Gasteiger partial charge in [0.05, 0.1) is 0 Å². The van der Waals surface area contributed by atoms with Crippen molar-refractivity contribution in [1.82, 2.24) is 0 Å². The zero-order valence-electron chi connectivity index (χ0n) is 27.3. The van der Waals surface area contributed by atoms with Crippen LogP contribution < -0.4 is 21.3 Å². The van der Waals surface area contributed by atoms with E-state index >= 15 is 0 Å². The van der Waals surface area contributed by atoms with E-state index in [0.29, 0.717) is 0 Å². The fraction of sp³-hybridized carbons (Fsp3) is 0.286. The molecule has 0 radical (unpaired) electrons. The Bertz CT molecular complexity index is 2080. The molecular weight excluding hydrogens is 545 g/mol. The van der Waals surface area contributed by atoms with Gasteiger partial charge in [0.15, 0.2) is 0 Å². The zero-order valence-corrected chi connectivity index (χ0v) is 27.3. The summed E-state index contributed by atoms with van der Waals surface area (Å²) in [6.07, 6.45) is 7.07. The summed E-state index contributed by atoms with van der Waals surface area (Å²) in [6.45, 7) is 11.9. The molecule has 0 aliphatic carbocycles. The van der Waals surface area contributed by atoms with Crippen LogP contribution in [0, 0.1) is 6.92 Å². The van der Waals surface area contributed by atoms with Crippen LogP contribution in [0.2, 0.25) is 0 Å². The van der Waals surface area contributed by atoms with Gasteiger partial charge in [-0.1, -0.05) is 106 Å². The second kappa shape index (κ2) is 10.7. The second-order valence-electron chi connectivity index (χ2n) is 13.9. The third kappa shape index (κ3) is 4.31. The number of aryl methyl sites for hydroxylation is 3. The fourth-order valence-corrected chi connectivity index (χ4v) is 8.35. The molecule has 0 unspecified atom stereocenters. The van der Waals surface area contributed by atoms with Crippen LogP contribution in [0.15, 0.2) is 95.4 Å². The first-order valence-electron chi connectivity index (χ1n) is 17.0. The zero-order chi connectivity index (χ0) is 30.9. The molecule has 0 spiro atoms. The topological polar surface area (TPSA) is 16.4 Å². The first kappa shape index (κ1) is 28.3. The molecular formula is C42H42BNO. The molecule has 2 aliphatic heterocycles. The number of unbranched alkanes of at least 4 members (excludes halogenated alkanes) is 2. The van der Waals surface area contributed by atoms with Crippen molar-refractivity contribution >= 4 is 62.1 Å². The van der Waals surface area contributed by atoms with E-state index in [-0.39, 0.29) is 12.1 Å². The molecule has 0 saturated carbocycles. The number of nitrogens with zero attached hydrogens (tertiary/aromatic N) is 1. The second-order valence-corrected chi connectivity index (χ2v) is 13.9. The number of furan rings is 1. The van der Waals surface area contributed by atoms with Crippen LogP contribution in [0.1, 0.15) is 81.2 Å². The van der Waals surface area contributed by atoms with Gasteiger partial charge in [0.1, 0.15) is 11.2 Å². The molecule has 2 aliphatic rings. The van der Waals surface area contributed by atoms with Gasteiger partial charge >= 0.3 is 0 Å². The van der Waals surface area contributed by atoms with Crippen molar-refractivity contribution in [2.75, 3.05) is 4.90 Å². The molecule has 1 aromatic heterocycles. The minimum atomic E-state index is -0.176. The molecule has 6 aromatic rings. The van der Waals surface area contributed by atoms with E-state index in [0.717, 1.165) is 24.0 Å². The highest BCUT2D eigenvalue weighted by molar-refractivity contribution is 6.99. The smallest absolute Gasteiger partial charge is 0.247 e. The van der Waals surface area contributed by atoms with Crippen molar-refractivity contribution in [1.29, 1.82) is 0 Å². The Kier molecular flexibility index (Phi) is 6.71. The summed E-state index contributed by atoms with van der Waals surface area (Å²) in [7, 11) is 0. The minimum absolute atomic E-state index is 0.160. The lowest BCUT2D eigenvalue weighted by Gasteiger charge is -2.46. The third-order valence-corrected chi connectivity index (χ3v) is 10.5. The third-order valence-electron chi connectivity index (χ3n) is 10.5.